The van der Waals surface area contributed by atoms with E-state index in [1.807, 2.05) is 59.8 Å². The standard InChI is InChI=1S/C33H41N5O6/c1-22-15-23(2)38(35-22)12-9-32(39)37-11-4-10-34-33(40)27-20-36(18-24-5-7-29-30(16-24)44-21-43-29)19-26(27)25-6-8-28(41-3)31(17-25)42-14-13-37/h5-8,15-17,26-27H,4,9-14,18-21H2,1-3H3,(H,34,40)/t26-,27+/m1/s1. The van der Waals surface area contributed by atoms with Crippen molar-refractivity contribution in [1.82, 2.24) is 24.9 Å². The van der Waals surface area contributed by atoms with Crippen molar-refractivity contribution >= 4 is 11.8 Å². The maximum Gasteiger partial charge on any atom is 0.231 e. The number of hydrogen-bond donors (Lipinski definition) is 1. The molecule has 1 saturated heterocycles. The van der Waals surface area contributed by atoms with E-state index in [0.717, 1.165) is 40.6 Å². The number of benzene rings is 2. The highest BCUT2D eigenvalue weighted by molar-refractivity contribution is 5.80. The van der Waals surface area contributed by atoms with Gasteiger partial charge < -0.3 is 29.2 Å². The van der Waals surface area contributed by atoms with Crippen LogP contribution in [0.25, 0.3) is 0 Å². The fourth-order valence-corrected chi connectivity index (χ4v) is 6.45. The van der Waals surface area contributed by atoms with E-state index in [0.29, 0.717) is 70.2 Å². The molecule has 11 heteroatoms. The lowest BCUT2D eigenvalue weighted by atomic mass is 9.88. The third-order valence-corrected chi connectivity index (χ3v) is 8.71. The lowest BCUT2D eigenvalue weighted by molar-refractivity contribution is -0.132. The number of amides is 2. The molecule has 1 N–H and O–H groups in total. The lowest BCUT2D eigenvalue weighted by Gasteiger charge is -2.25. The number of rotatable bonds is 6. The van der Waals surface area contributed by atoms with Crippen LogP contribution in [0.15, 0.2) is 42.5 Å². The first-order valence-electron chi connectivity index (χ1n) is 15.4. The van der Waals surface area contributed by atoms with Gasteiger partial charge in [-0.05, 0) is 61.7 Å². The summed E-state index contributed by atoms with van der Waals surface area (Å²) in [6.07, 6.45) is 1.00. The maximum absolute atomic E-state index is 13.6. The van der Waals surface area contributed by atoms with Gasteiger partial charge in [0.2, 0.25) is 18.6 Å². The average molecular weight is 604 g/mol. The highest BCUT2D eigenvalue weighted by Crippen LogP contribution is 2.39. The van der Waals surface area contributed by atoms with Gasteiger partial charge in [-0.25, -0.2) is 0 Å². The number of fused-ring (bicyclic) bond motifs is 5. The van der Waals surface area contributed by atoms with E-state index in [2.05, 4.69) is 21.4 Å². The van der Waals surface area contributed by atoms with Gasteiger partial charge >= 0.3 is 0 Å². The molecule has 2 bridgehead atoms. The molecule has 4 heterocycles. The van der Waals surface area contributed by atoms with E-state index in [-0.39, 0.29) is 30.4 Å². The van der Waals surface area contributed by atoms with E-state index in [9.17, 15) is 9.59 Å². The lowest BCUT2D eigenvalue weighted by Crippen LogP contribution is -2.39. The molecule has 0 spiro atoms. The Morgan fingerprint density at radius 1 is 1.00 bits per heavy atom. The summed E-state index contributed by atoms with van der Waals surface area (Å²) in [5, 5.41) is 7.66. The topological polar surface area (TPSA) is 107 Å². The van der Waals surface area contributed by atoms with E-state index >= 15 is 0 Å². The Balaban J connectivity index is 1.17. The van der Waals surface area contributed by atoms with Crippen LogP contribution in [0.5, 0.6) is 23.0 Å². The summed E-state index contributed by atoms with van der Waals surface area (Å²) in [5.41, 5.74) is 4.12. The van der Waals surface area contributed by atoms with Crippen LogP contribution >= 0.6 is 0 Å². The van der Waals surface area contributed by atoms with Crippen molar-refractivity contribution in [2.24, 2.45) is 5.92 Å². The summed E-state index contributed by atoms with van der Waals surface area (Å²) < 4.78 is 24.8. The number of aromatic nitrogens is 2. The van der Waals surface area contributed by atoms with Crippen molar-refractivity contribution in [2.75, 3.05) is 53.2 Å². The van der Waals surface area contributed by atoms with Crippen LogP contribution in [0.1, 0.15) is 41.3 Å². The zero-order chi connectivity index (χ0) is 30.6. The number of hydrogen-bond acceptors (Lipinski definition) is 8. The van der Waals surface area contributed by atoms with Crippen LogP contribution in [0, 0.1) is 19.8 Å². The first kappa shape index (κ1) is 29.8. The Bertz CT molecular complexity index is 1510. The van der Waals surface area contributed by atoms with Crippen LogP contribution in [-0.4, -0.2) is 84.6 Å². The average Bonchev–Trinajstić information content (AvgIpc) is 3.74. The minimum absolute atomic E-state index is 0.00678. The summed E-state index contributed by atoms with van der Waals surface area (Å²) in [4.78, 5) is 31.1. The van der Waals surface area contributed by atoms with Gasteiger partial charge in [0.05, 0.1) is 25.3 Å². The van der Waals surface area contributed by atoms with Crippen molar-refractivity contribution in [3.8, 4) is 23.0 Å². The zero-order valence-electron chi connectivity index (χ0n) is 25.7. The van der Waals surface area contributed by atoms with E-state index in [1.54, 1.807) is 7.11 Å². The van der Waals surface area contributed by atoms with E-state index < -0.39 is 0 Å². The molecule has 0 aliphatic carbocycles. The van der Waals surface area contributed by atoms with Crippen molar-refractivity contribution < 1.29 is 28.5 Å². The quantitative estimate of drug-likeness (QED) is 0.458. The van der Waals surface area contributed by atoms with Gasteiger partial charge in [0.1, 0.15) is 6.61 Å². The first-order chi connectivity index (χ1) is 21.4. The van der Waals surface area contributed by atoms with E-state index in [4.69, 9.17) is 18.9 Å². The van der Waals surface area contributed by atoms with Gasteiger partial charge in [0, 0.05) is 57.3 Å². The van der Waals surface area contributed by atoms with Crippen molar-refractivity contribution in [3.05, 3.63) is 65.0 Å². The zero-order valence-corrected chi connectivity index (χ0v) is 25.7. The number of aryl methyl sites for hydroxylation is 3. The number of nitrogens with zero attached hydrogens (tertiary/aromatic N) is 4. The fourth-order valence-electron chi connectivity index (χ4n) is 6.45. The smallest absolute Gasteiger partial charge is 0.231 e. The molecule has 0 unspecified atom stereocenters. The molecule has 0 radical (unpaired) electrons. The predicted octanol–water partition coefficient (Wildman–Crippen LogP) is 3.27. The molecule has 3 aliphatic rings. The molecule has 234 valence electrons. The Morgan fingerprint density at radius 3 is 2.66 bits per heavy atom. The molecule has 2 atom stereocenters. The van der Waals surface area contributed by atoms with Crippen molar-refractivity contribution in [1.29, 1.82) is 0 Å². The third kappa shape index (κ3) is 6.62. The SMILES string of the molecule is COc1ccc2cc1OCCN(C(=O)CCn1nc(C)cc1C)CCCNC(=O)[C@H]1CN(Cc3ccc4c(c3)OCO4)C[C@H]21. The van der Waals surface area contributed by atoms with Crippen LogP contribution in [-0.2, 0) is 22.7 Å². The second-order valence-electron chi connectivity index (χ2n) is 11.8. The number of carbonyl (C=O) groups is 2. The van der Waals surface area contributed by atoms with Gasteiger partial charge in [-0.2, -0.15) is 5.10 Å². The summed E-state index contributed by atoms with van der Waals surface area (Å²) in [6, 6.07) is 13.9. The normalized spacial score (nSPS) is 20.4. The Hall–Kier alpha value is -4.25. The molecular formula is C33H41N5O6. The molecule has 1 aromatic heterocycles. The van der Waals surface area contributed by atoms with Crippen LogP contribution in [0.3, 0.4) is 0 Å². The molecule has 6 rings (SSSR count). The van der Waals surface area contributed by atoms with Gasteiger partial charge in [-0.15, -0.1) is 0 Å². The molecule has 11 nitrogen and oxygen atoms in total. The minimum atomic E-state index is -0.230. The van der Waals surface area contributed by atoms with Crippen LogP contribution in [0.4, 0.5) is 0 Å². The van der Waals surface area contributed by atoms with Crippen LogP contribution in [0.2, 0.25) is 0 Å². The summed E-state index contributed by atoms with van der Waals surface area (Å²) >= 11 is 0. The molecule has 44 heavy (non-hydrogen) atoms. The van der Waals surface area contributed by atoms with Gasteiger partial charge in [0.15, 0.2) is 23.0 Å². The van der Waals surface area contributed by atoms with Crippen molar-refractivity contribution in [3.63, 3.8) is 0 Å². The minimum Gasteiger partial charge on any atom is -0.493 e. The molecular weight excluding hydrogens is 562 g/mol. The number of carbonyl (C=O) groups excluding carboxylic acids is 2. The Morgan fingerprint density at radius 2 is 1.84 bits per heavy atom. The molecule has 0 saturated carbocycles. The van der Waals surface area contributed by atoms with Crippen LogP contribution < -0.4 is 24.3 Å². The summed E-state index contributed by atoms with van der Waals surface area (Å²) in [6.45, 7) is 8.57. The molecule has 2 aromatic carbocycles. The Kier molecular flexibility index (Phi) is 8.92. The van der Waals surface area contributed by atoms with E-state index in [1.165, 1.54) is 0 Å². The Labute approximate surface area is 258 Å². The highest BCUT2D eigenvalue weighted by Gasteiger charge is 2.39. The number of methoxy groups -OCH3 is 1. The number of likely N-dealkylation sites (tertiary alicyclic amines) is 1. The van der Waals surface area contributed by atoms with Gasteiger partial charge in [-0.3, -0.25) is 19.2 Å². The molecule has 3 aliphatic heterocycles. The fraction of sp³-hybridized carbons (Fsp3) is 0.485. The second-order valence-corrected chi connectivity index (χ2v) is 11.8. The molecule has 2 amide bonds. The number of ether oxygens (including phenoxy) is 4. The van der Waals surface area contributed by atoms with Crippen molar-refractivity contribution in [2.45, 2.75) is 45.7 Å². The summed E-state index contributed by atoms with van der Waals surface area (Å²) in [5.74, 6) is 2.59. The molecule has 3 aromatic rings. The van der Waals surface area contributed by atoms with Gasteiger partial charge in [0.25, 0.3) is 0 Å². The number of nitrogens with one attached hydrogen (secondary N) is 1. The molecule has 1 fully saturated rings. The summed E-state index contributed by atoms with van der Waals surface area (Å²) in [7, 11) is 1.62. The van der Waals surface area contributed by atoms with Gasteiger partial charge in [-0.1, -0.05) is 12.1 Å². The highest BCUT2D eigenvalue weighted by atomic mass is 16.7. The maximum atomic E-state index is 13.6. The third-order valence-electron chi connectivity index (χ3n) is 8.71. The predicted molar refractivity (Wildman–Crippen MR) is 163 cm³/mol. The second kappa shape index (κ2) is 13.2. The first-order valence-corrected chi connectivity index (χ1v) is 15.4. The largest absolute Gasteiger partial charge is 0.493 e. The monoisotopic (exact) mass is 603 g/mol.